The number of carbonyl (C=O) groups is 1. The number of rotatable bonds is 4. The van der Waals surface area contributed by atoms with Crippen molar-refractivity contribution in [1.82, 2.24) is 0 Å². The van der Waals surface area contributed by atoms with Gasteiger partial charge in [-0.3, -0.25) is 4.79 Å². The molecule has 0 aliphatic rings. The van der Waals surface area contributed by atoms with E-state index < -0.39 is 0 Å². The molecular formula is C13H18O2. The smallest absolute Gasteiger partial charge is 0.169 e. The van der Waals surface area contributed by atoms with Crippen molar-refractivity contribution in [3.05, 3.63) is 29.3 Å². The van der Waals surface area contributed by atoms with Crippen LogP contribution in [0.1, 0.15) is 36.2 Å². The second-order valence-electron chi connectivity index (χ2n) is 3.88. The van der Waals surface area contributed by atoms with E-state index in [-0.39, 0.29) is 11.7 Å². The molecule has 0 aliphatic heterocycles. The number of methoxy groups -OCH3 is 1. The fourth-order valence-corrected chi connectivity index (χ4v) is 1.45. The minimum absolute atomic E-state index is 0.0570. The molecule has 0 aromatic heterocycles. The first-order chi connectivity index (χ1) is 7.10. The van der Waals surface area contributed by atoms with Crippen molar-refractivity contribution in [3.63, 3.8) is 0 Å². The molecule has 2 heteroatoms. The highest BCUT2D eigenvalue weighted by Gasteiger charge is 2.17. The fraction of sp³-hybridized carbons (Fsp3) is 0.462. The van der Waals surface area contributed by atoms with E-state index >= 15 is 0 Å². The van der Waals surface area contributed by atoms with Crippen LogP contribution in [0.25, 0.3) is 0 Å². The van der Waals surface area contributed by atoms with Gasteiger partial charge in [0.1, 0.15) is 5.75 Å². The molecule has 15 heavy (non-hydrogen) atoms. The molecule has 0 fully saturated rings. The summed E-state index contributed by atoms with van der Waals surface area (Å²) in [6.07, 6.45) is 0.857. The first-order valence-electron chi connectivity index (χ1n) is 5.29. The predicted molar refractivity (Wildman–Crippen MR) is 61.5 cm³/mol. The van der Waals surface area contributed by atoms with Crippen molar-refractivity contribution in [2.45, 2.75) is 27.2 Å². The zero-order chi connectivity index (χ0) is 11.4. The number of Topliss-reactive ketones (excluding diaryl/α,β-unsaturated/α-hetero) is 1. The average molecular weight is 206 g/mol. The second kappa shape index (κ2) is 4.96. The highest BCUT2D eigenvalue weighted by atomic mass is 16.5. The van der Waals surface area contributed by atoms with Crippen LogP contribution in [-0.4, -0.2) is 12.9 Å². The summed E-state index contributed by atoms with van der Waals surface area (Å²) < 4.78 is 5.22. The standard InChI is InChI=1S/C13H18O2/c1-5-10(3)13(14)11-7-6-9(2)8-12(11)15-4/h6-8,10H,5H2,1-4H3. The van der Waals surface area contributed by atoms with Crippen LogP contribution in [0.5, 0.6) is 5.75 Å². The number of carbonyl (C=O) groups excluding carboxylic acids is 1. The molecule has 0 radical (unpaired) electrons. The molecule has 2 nitrogen and oxygen atoms in total. The lowest BCUT2D eigenvalue weighted by Crippen LogP contribution is -2.11. The van der Waals surface area contributed by atoms with Gasteiger partial charge < -0.3 is 4.74 Å². The van der Waals surface area contributed by atoms with Crippen molar-refractivity contribution in [3.8, 4) is 5.75 Å². The van der Waals surface area contributed by atoms with Gasteiger partial charge in [0, 0.05) is 5.92 Å². The van der Waals surface area contributed by atoms with E-state index in [1.165, 1.54) is 0 Å². The molecule has 0 N–H and O–H groups in total. The van der Waals surface area contributed by atoms with Gasteiger partial charge >= 0.3 is 0 Å². The molecular weight excluding hydrogens is 188 g/mol. The van der Waals surface area contributed by atoms with E-state index in [0.29, 0.717) is 11.3 Å². The molecule has 0 amide bonds. The third-order valence-electron chi connectivity index (χ3n) is 2.68. The second-order valence-corrected chi connectivity index (χ2v) is 3.88. The van der Waals surface area contributed by atoms with Crippen molar-refractivity contribution in [1.29, 1.82) is 0 Å². The van der Waals surface area contributed by atoms with Crippen LogP contribution in [0, 0.1) is 12.8 Å². The molecule has 0 saturated heterocycles. The van der Waals surface area contributed by atoms with Gasteiger partial charge in [-0.05, 0) is 31.0 Å². The number of ketones is 1. The van der Waals surface area contributed by atoms with Crippen LogP contribution in [-0.2, 0) is 0 Å². The molecule has 0 heterocycles. The third kappa shape index (κ3) is 2.58. The molecule has 0 saturated carbocycles. The van der Waals surface area contributed by atoms with Crippen molar-refractivity contribution in [2.75, 3.05) is 7.11 Å². The normalized spacial score (nSPS) is 12.3. The topological polar surface area (TPSA) is 26.3 Å². The zero-order valence-electron chi connectivity index (χ0n) is 9.83. The number of ether oxygens (including phenoxy) is 1. The summed E-state index contributed by atoms with van der Waals surface area (Å²) in [4.78, 5) is 12.0. The Kier molecular flexibility index (Phi) is 3.89. The molecule has 0 bridgehead atoms. The zero-order valence-corrected chi connectivity index (χ0v) is 9.83. The maximum atomic E-state index is 12.0. The Morgan fingerprint density at radius 3 is 2.67 bits per heavy atom. The van der Waals surface area contributed by atoms with Crippen molar-refractivity contribution in [2.24, 2.45) is 5.92 Å². The summed E-state index contributed by atoms with van der Waals surface area (Å²) >= 11 is 0. The maximum Gasteiger partial charge on any atom is 0.169 e. The van der Waals surface area contributed by atoms with Crippen LogP contribution in [0.4, 0.5) is 0 Å². The Bertz CT molecular complexity index is 356. The lowest BCUT2D eigenvalue weighted by molar-refractivity contribution is 0.0924. The Hall–Kier alpha value is -1.31. The number of aryl methyl sites for hydroxylation is 1. The summed E-state index contributed by atoms with van der Waals surface area (Å²) in [5.74, 6) is 0.899. The summed E-state index contributed by atoms with van der Waals surface area (Å²) in [5.41, 5.74) is 1.80. The van der Waals surface area contributed by atoms with Gasteiger partial charge in [0.2, 0.25) is 0 Å². The lowest BCUT2D eigenvalue weighted by Gasteiger charge is -2.11. The van der Waals surface area contributed by atoms with Gasteiger partial charge in [0.05, 0.1) is 12.7 Å². The molecule has 1 aromatic rings. The summed E-state index contributed by atoms with van der Waals surface area (Å²) in [6.45, 7) is 5.95. The lowest BCUT2D eigenvalue weighted by atomic mass is 9.96. The Labute approximate surface area is 91.3 Å². The first-order valence-corrected chi connectivity index (χ1v) is 5.29. The Morgan fingerprint density at radius 2 is 2.13 bits per heavy atom. The van der Waals surface area contributed by atoms with E-state index in [9.17, 15) is 4.79 Å². The van der Waals surface area contributed by atoms with E-state index in [1.54, 1.807) is 7.11 Å². The minimum Gasteiger partial charge on any atom is -0.496 e. The van der Waals surface area contributed by atoms with Gasteiger partial charge in [-0.15, -0.1) is 0 Å². The summed E-state index contributed by atoms with van der Waals surface area (Å²) in [6, 6.07) is 5.69. The minimum atomic E-state index is 0.0570. The molecule has 0 aliphatic carbocycles. The summed E-state index contributed by atoms with van der Waals surface area (Å²) in [7, 11) is 1.60. The highest BCUT2D eigenvalue weighted by molar-refractivity contribution is 6.00. The predicted octanol–water partition coefficient (Wildman–Crippen LogP) is 3.23. The highest BCUT2D eigenvalue weighted by Crippen LogP contribution is 2.23. The number of benzene rings is 1. The van der Waals surface area contributed by atoms with Crippen LogP contribution in [0.15, 0.2) is 18.2 Å². The van der Waals surface area contributed by atoms with Gasteiger partial charge in [0.25, 0.3) is 0 Å². The van der Waals surface area contributed by atoms with Crippen molar-refractivity contribution < 1.29 is 9.53 Å². The van der Waals surface area contributed by atoms with Crippen LogP contribution >= 0.6 is 0 Å². The van der Waals surface area contributed by atoms with Crippen LogP contribution in [0.2, 0.25) is 0 Å². The van der Waals surface area contributed by atoms with E-state index in [4.69, 9.17) is 4.74 Å². The Morgan fingerprint density at radius 1 is 1.47 bits per heavy atom. The number of hydrogen-bond donors (Lipinski definition) is 0. The first kappa shape index (κ1) is 11.8. The Balaban J connectivity index is 3.08. The SMILES string of the molecule is CCC(C)C(=O)c1ccc(C)cc1OC. The molecule has 1 atom stereocenters. The van der Waals surface area contributed by atoms with Crippen molar-refractivity contribution >= 4 is 5.78 Å². The van der Waals surface area contributed by atoms with Crippen LogP contribution < -0.4 is 4.74 Å². The van der Waals surface area contributed by atoms with Crippen LogP contribution in [0.3, 0.4) is 0 Å². The monoisotopic (exact) mass is 206 g/mol. The molecule has 0 spiro atoms. The largest absolute Gasteiger partial charge is 0.496 e. The molecule has 1 aromatic carbocycles. The van der Waals surface area contributed by atoms with Gasteiger partial charge in [0.15, 0.2) is 5.78 Å². The third-order valence-corrected chi connectivity index (χ3v) is 2.68. The van der Waals surface area contributed by atoms with Gasteiger partial charge in [-0.2, -0.15) is 0 Å². The summed E-state index contributed by atoms with van der Waals surface area (Å²) in [5, 5.41) is 0. The molecule has 1 unspecified atom stereocenters. The van der Waals surface area contributed by atoms with E-state index in [0.717, 1.165) is 12.0 Å². The van der Waals surface area contributed by atoms with E-state index in [1.807, 2.05) is 39.0 Å². The molecule has 82 valence electrons. The van der Waals surface area contributed by atoms with Gasteiger partial charge in [-0.25, -0.2) is 0 Å². The fourth-order valence-electron chi connectivity index (χ4n) is 1.45. The quantitative estimate of drug-likeness (QED) is 0.707. The van der Waals surface area contributed by atoms with E-state index in [2.05, 4.69) is 0 Å². The van der Waals surface area contributed by atoms with Gasteiger partial charge in [-0.1, -0.05) is 19.9 Å². The number of hydrogen-bond acceptors (Lipinski definition) is 2. The maximum absolute atomic E-state index is 12.0. The molecule has 1 rings (SSSR count). The average Bonchev–Trinajstić information content (AvgIpc) is 2.26.